The van der Waals surface area contributed by atoms with E-state index in [0.29, 0.717) is 11.3 Å². The van der Waals surface area contributed by atoms with Crippen molar-refractivity contribution in [3.8, 4) is 5.75 Å². The lowest BCUT2D eigenvalue weighted by molar-refractivity contribution is 0.112. The quantitative estimate of drug-likeness (QED) is 0.758. The van der Waals surface area contributed by atoms with Crippen molar-refractivity contribution in [1.29, 1.82) is 0 Å². The van der Waals surface area contributed by atoms with Crippen molar-refractivity contribution in [1.82, 2.24) is 0 Å². The van der Waals surface area contributed by atoms with Gasteiger partial charge in [0.25, 0.3) is 0 Å². The average molecular weight is 266 g/mol. The molecule has 0 spiro atoms. The third-order valence-corrected chi connectivity index (χ3v) is 3.10. The van der Waals surface area contributed by atoms with Crippen LogP contribution < -0.4 is 4.74 Å². The molecule has 0 aromatic heterocycles. The van der Waals surface area contributed by atoms with Gasteiger partial charge in [-0.1, -0.05) is 41.5 Å². The van der Waals surface area contributed by atoms with E-state index in [1.165, 1.54) is 0 Å². The molecule has 0 aliphatic carbocycles. The molecule has 0 aliphatic heterocycles. The molecule has 0 saturated heterocycles. The Labute approximate surface area is 115 Å². The van der Waals surface area contributed by atoms with Gasteiger partial charge in [-0.15, -0.1) is 0 Å². The Bertz CT molecular complexity index is 465. The second-order valence-corrected chi connectivity index (χ2v) is 6.81. The summed E-state index contributed by atoms with van der Waals surface area (Å²) in [5, 5.41) is 0. The number of halogens is 1. The van der Waals surface area contributed by atoms with Crippen molar-refractivity contribution >= 4 is 6.29 Å². The second-order valence-electron chi connectivity index (χ2n) is 6.81. The summed E-state index contributed by atoms with van der Waals surface area (Å²) in [7, 11) is 0. The highest BCUT2D eigenvalue weighted by Crippen LogP contribution is 2.37. The van der Waals surface area contributed by atoms with Crippen LogP contribution >= 0.6 is 0 Å². The first-order valence-corrected chi connectivity index (χ1v) is 6.44. The van der Waals surface area contributed by atoms with E-state index in [9.17, 15) is 9.18 Å². The molecule has 2 nitrogen and oxygen atoms in total. The third-order valence-electron chi connectivity index (χ3n) is 3.10. The van der Waals surface area contributed by atoms with Gasteiger partial charge in [-0.3, -0.25) is 4.79 Å². The standard InChI is InChI=1S/C16H23FO2/c1-15(2,3)12-8-14(19-10-17)13(16(4,5)6)7-11(12)9-18/h7-9H,10H2,1-6H3. The van der Waals surface area contributed by atoms with E-state index in [1.807, 2.05) is 47.6 Å². The second kappa shape index (κ2) is 5.32. The molecule has 0 fully saturated rings. The molecule has 0 bridgehead atoms. The first-order chi connectivity index (χ1) is 8.61. The first kappa shape index (κ1) is 15.7. The summed E-state index contributed by atoms with van der Waals surface area (Å²) >= 11 is 0. The number of ether oxygens (including phenoxy) is 1. The number of benzene rings is 1. The molecule has 1 rings (SSSR count). The van der Waals surface area contributed by atoms with Crippen molar-refractivity contribution in [3.63, 3.8) is 0 Å². The fourth-order valence-corrected chi connectivity index (χ4v) is 2.11. The van der Waals surface area contributed by atoms with Crippen LogP contribution in [0.2, 0.25) is 0 Å². The topological polar surface area (TPSA) is 26.3 Å². The number of hydrogen-bond acceptors (Lipinski definition) is 2. The van der Waals surface area contributed by atoms with Gasteiger partial charge in [0.05, 0.1) is 0 Å². The number of carbonyl (C=O) groups excluding carboxylic acids is 1. The highest BCUT2D eigenvalue weighted by Gasteiger charge is 2.25. The lowest BCUT2D eigenvalue weighted by Gasteiger charge is -2.27. The molecule has 0 amide bonds. The Morgan fingerprint density at radius 3 is 1.95 bits per heavy atom. The van der Waals surface area contributed by atoms with Crippen molar-refractivity contribution in [2.75, 3.05) is 6.86 Å². The lowest BCUT2D eigenvalue weighted by Crippen LogP contribution is -2.19. The molecule has 3 heteroatoms. The van der Waals surface area contributed by atoms with Crippen LogP contribution in [0, 0.1) is 0 Å². The van der Waals surface area contributed by atoms with E-state index in [0.717, 1.165) is 17.4 Å². The highest BCUT2D eigenvalue weighted by atomic mass is 19.1. The SMILES string of the molecule is CC(C)(C)c1cc(OCF)c(C(C)(C)C)cc1C=O. The van der Waals surface area contributed by atoms with Crippen LogP contribution in [0.1, 0.15) is 63.0 Å². The molecule has 0 atom stereocenters. The zero-order valence-electron chi connectivity index (χ0n) is 12.6. The Morgan fingerprint density at radius 1 is 1.05 bits per heavy atom. The van der Waals surface area contributed by atoms with Crippen LogP contribution in [0.25, 0.3) is 0 Å². The summed E-state index contributed by atoms with van der Waals surface area (Å²) in [5.74, 6) is 0.519. The molecule has 0 unspecified atom stereocenters. The summed E-state index contributed by atoms with van der Waals surface area (Å²) in [5.41, 5.74) is 1.96. The predicted octanol–water partition coefficient (Wildman–Crippen LogP) is 4.40. The van der Waals surface area contributed by atoms with E-state index in [4.69, 9.17) is 4.74 Å². The van der Waals surface area contributed by atoms with Gasteiger partial charge >= 0.3 is 0 Å². The molecule has 1 aromatic carbocycles. The Hall–Kier alpha value is -1.38. The molecular formula is C16H23FO2. The van der Waals surface area contributed by atoms with Gasteiger partial charge in [0.1, 0.15) is 12.0 Å². The van der Waals surface area contributed by atoms with Crippen molar-refractivity contribution in [2.45, 2.75) is 52.4 Å². The fraction of sp³-hybridized carbons (Fsp3) is 0.562. The van der Waals surface area contributed by atoms with E-state index in [1.54, 1.807) is 6.07 Å². The molecule has 106 valence electrons. The van der Waals surface area contributed by atoms with Gasteiger partial charge in [-0.2, -0.15) is 0 Å². The Balaban J connectivity index is 3.56. The van der Waals surface area contributed by atoms with Gasteiger partial charge in [0, 0.05) is 11.1 Å². The van der Waals surface area contributed by atoms with Gasteiger partial charge in [0.15, 0.2) is 0 Å². The normalized spacial score (nSPS) is 12.4. The number of alkyl halides is 1. The minimum atomic E-state index is -0.868. The maximum absolute atomic E-state index is 12.6. The minimum absolute atomic E-state index is 0.193. The fourth-order valence-electron chi connectivity index (χ4n) is 2.11. The average Bonchev–Trinajstić information content (AvgIpc) is 2.26. The highest BCUT2D eigenvalue weighted by molar-refractivity contribution is 5.79. The van der Waals surface area contributed by atoms with Crippen LogP contribution in [0.5, 0.6) is 5.75 Å². The van der Waals surface area contributed by atoms with Gasteiger partial charge in [-0.25, -0.2) is 4.39 Å². The zero-order chi connectivity index (χ0) is 14.8. The molecule has 0 heterocycles. The maximum atomic E-state index is 12.6. The number of rotatable bonds is 3. The Morgan fingerprint density at radius 2 is 1.58 bits per heavy atom. The number of hydrogen-bond donors (Lipinski definition) is 0. The predicted molar refractivity (Wildman–Crippen MR) is 75.8 cm³/mol. The van der Waals surface area contributed by atoms with E-state index in [2.05, 4.69) is 0 Å². The number of carbonyl (C=O) groups is 1. The molecule has 0 N–H and O–H groups in total. The third kappa shape index (κ3) is 3.55. The van der Waals surface area contributed by atoms with E-state index < -0.39 is 6.86 Å². The summed E-state index contributed by atoms with van der Waals surface area (Å²) in [4.78, 5) is 11.3. The summed E-state index contributed by atoms with van der Waals surface area (Å²) < 4.78 is 17.7. The molecule has 1 aromatic rings. The maximum Gasteiger partial charge on any atom is 0.228 e. The monoisotopic (exact) mass is 266 g/mol. The van der Waals surface area contributed by atoms with Gasteiger partial charge < -0.3 is 4.74 Å². The molecule has 0 aliphatic rings. The van der Waals surface area contributed by atoms with Crippen LogP contribution in [0.15, 0.2) is 12.1 Å². The van der Waals surface area contributed by atoms with Crippen molar-refractivity contribution < 1.29 is 13.9 Å². The van der Waals surface area contributed by atoms with Gasteiger partial charge in [0.2, 0.25) is 6.86 Å². The summed E-state index contributed by atoms with van der Waals surface area (Å²) in [6.07, 6.45) is 0.856. The minimum Gasteiger partial charge on any atom is -0.463 e. The van der Waals surface area contributed by atoms with Crippen LogP contribution in [0.3, 0.4) is 0 Å². The van der Waals surface area contributed by atoms with Crippen LogP contribution in [0.4, 0.5) is 4.39 Å². The first-order valence-electron chi connectivity index (χ1n) is 6.44. The van der Waals surface area contributed by atoms with Crippen molar-refractivity contribution in [3.05, 3.63) is 28.8 Å². The smallest absolute Gasteiger partial charge is 0.228 e. The zero-order valence-corrected chi connectivity index (χ0v) is 12.6. The Kier molecular flexibility index (Phi) is 4.39. The summed E-state index contributed by atoms with van der Waals surface area (Å²) in [6, 6.07) is 3.61. The van der Waals surface area contributed by atoms with E-state index in [-0.39, 0.29) is 10.8 Å². The van der Waals surface area contributed by atoms with Crippen molar-refractivity contribution in [2.24, 2.45) is 0 Å². The van der Waals surface area contributed by atoms with Crippen LogP contribution in [-0.2, 0) is 10.8 Å². The molecule has 0 radical (unpaired) electrons. The molecular weight excluding hydrogens is 243 g/mol. The van der Waals surface area contributed by atoms with E-state index >= 15 is 0 Å². The van der Waals surface area contributed by atoms with Gasteiger partial charge in [-0.05, 0) is 28.5 Å². The lowest BCUT2D eigenvalue weighted by atomic mass is 9.79. The molecule has 19 heavy (non-hydrogen) atoms. The summed E-state index contributed by atoms with van der Waals surface area (Å²) in [6.45, 7) is 11.2. The van der Waals surface area contributed by atoms with Crippen LogP contribution in [-0.4, -0.2) is 13.1 Å². The number of aldehydes is 1. The molecule has 0 saturated carbocycles. The largest absolute Gasteiger partial charge is 0.463 e.